The molecule has 0 bridgehead atoms. The van der Waals surface area contributed by atoms with Crippen molar-refractivity contribution in [3.8, 4) is 11.4 Å². The molecule has 1 aliphatic rings. The predicted octanol–water partition coefficient (Wildman–Crippen LogP) is 4.56. The minimum Gasteiger partial charge on any atom is -0.467 e. The van der Waals surface area contributed by atoms with E-state index in [0.29, 0.717) is 23.7 Å². The van der Waals surface area contributed by atoms with Gasteiger partial charge in [-0.25, -0.2) is 4.98 Å². The SMILES string of the molecule is Cc1cccc(-n2ccnc2SCc2cc([N+](=O)[O-])cc3c2OCOC3)c1C. The molecule has 0 aliphatic carbocycles. The van der Waals surface area contributed by atoms with Gasteiger partial charge in [-0.1, -0.05) is 23.9 Å². The summed E-state index contributed by atoms with van der Waals surface area (Å²) >= 11 is 1.52. The lowest BCUT2D eigenvalue weighted by molar-refractivity contribution is -0.385. The van der Waals surface area contributed by atoms with Gasteiger partial charge in [0, 0.05) is 41.4 Å². The Balaban J connectivity index is 1.65. The number of imidazole rings is 1. The van der Waals surface area contributed by atoms with E-state index in [2.05, 4.69) is 31.0 Å². The Kier molecular flexibility index (Phi) is 5.06. The van der Waals surface area contributed by atoms with Crippen LogP contribution in [-0.4, -0.2) is 21.3 Å². The lowest BCUT2D eigenvalue weighted by Crippen LogP contribution is -2.13. The fourth-order valence-electron chi connectivity index (χ4n) is 3.21. The van der Waals surface area contributed by atoms with Crippen molar-refractivity contribution >= 4 is 17.4 Å². The number of fused-ring (bicyclic) bond motifs is 1. The maximum absolute atomic E-state index is 11.3. The predicted molar refractivity (Wildman–Crippen MR) is 106 cm³/mol. The van der Waals surface area contributed by atoms with Crippen molar-refractivity contribution < 1.29 is 14.4 Å². The van der Waals surface area contributed by atoms with Crippen LogP contribution < -0.4 is 4.74 Å². The molecule has 0 saturated heterocycles. The summed E-state index contributed by atoms with van der Waals surface area (Å²) in [5, 5.41) is 12.1. The standard InChI is InChI=1S/C20H19N3O4S/c1-13-4-3-5-18(14(13)2)22-7-6-21-20(22)28-11-16-9-17(23(24)25)8-15-10-26-12-27-19(15)16/h3-9H,10-12H2,1-2H3. The second kappa shape index (κ2) is 7.65. The number of nitrogens with zero attached hydrogens (tertiary/aromatic N) is 3. The van der Waals surface area contributed by atoms with E-state index in [-0.39, 0.29) is 17.4 Å². The smallest absolute Gasteiger partial charge is 0.270 e. The third-order valence-corrected chi connectivity index (χ3v) is 5.80. The molecule has 4 rings (SSSR count). The topological polar surface area (TPSA) is 79.4 Å². The summed E-state index contributed by atoms with van der Waals surface area (Å²) < 4.78 is 12.9. The number of aryl methyl sites for hydroxylation is 1. The first-order chi connectivity index (χ1) is 13.5. The molecule has 144 valence electrons. The maximum atomic E-state index is 11.3. The van der Waals surface area contributed by atoms with Crippen molar-refractivity contribution in [3.05, 3.63) is 75.1 Å². The van der Waals surface area contributed by atoms with E-state index in [1.54, 1.807) is 12.3 Å². The number of thioether (sulfide) groups is 1. The fourth-order valence-corrected chi connectivity index (χ4v) is 4.14. The van der Waals surface area contributed by atoms with Gasteiger partial charge in [0.2, 0.25) is 0 Å². The molecule has 0 N–H and O–H groups in total. The molecule has 2 aromatic carbocycles. The van der Waals surface area contributed by atoms with Gasteiger partial charge in [-0.3, -0.25) is 14.7 Å². The Morgan fingerprint density at radius 1 is 1.32 bits per heavy atom. The highest BCUT2D eigenvalue weighted by atomic mass is 32.2. The van der Waals surface area contributed by atoms with Crippen LogP contribution in [0.4, 0.5) is 5.69 Å². The Hall–Kier alpha value is -2.84. The summed E-state index contributed by atoms with van der Waals surface area (Å²) in [6.07, 6.45) is 3.69. The van der Waals surface area contributed by atoms with Gasteiger partial charge in [0.25, 0.3) is 5.69 Å². The molecule has 0 unspecified atom stereocenters. The molecule has 1 aromatic heterocycles. The van der Waals surface area contributed by atoms with Crippen molar-refractivity contribution in [2.45, 2.75) is 31.4 Å². The number of benzene rings is 2. The van der Waals surface area contributed by atoms with E-state index in [4.69, 9.17) is 9.47 Å². The summed E-state index contributed by atoms with van der Waals surface area (Å²) in [6.45, 7) is 4.63. The van der Waals surface area contributed by atoms with Gasteiger partial charge < -0.3 is 9.47 Å². The number of hydrogen-bond donors (Lipinski definition) is 0. The zero-order valence-corrected chi connectivity index (χ0v) is 16.4. The molecule has 0 amide bonds. The fraction of sp³-hybridized carbons (Fsp3) is 0.250. The van der Waals surface area contributed by atoms with Crippen LogP contribution in [0.3, 0.4) is 0 Å². The van der Waals surface area contributed by atoms with Crippen molar-refractivity contribution in [3.63, 3.8) is 0 Å². The summed E-state index contributed by atoms with van der Waals surface area (Å²) in [7, 11) is 0. The lowest BCUT2D eigenvalue weighted by Gasteiger charge is -2.20. The van der Waals surface area contributed by atoms with Crippen LogP contribution in [0.2, 0.25) is 0 Å². The molecule has 1 aliphatic heterocycles. The average Bonchev–Trinajstić information content (AvgIpc) is 3.16. The molecule has 0 fully saturated rings. The molecule has 0 saturated carbocycles. The van der Waals surface area contributed by atoms with E-state index in [1.807, 2.05) is 16.8 Å². The first-order valence-electron chi connectivity index (χ1n) is 8.78. The number of nitro benzene ring substituents is 1. The maximum Gasteiger partial charge on any atom is 0.270 e. The highest BCUT2D eigenvalue weighted by molar-refractivity contribution is 7.98. The molecule has 3 aromatic rings. The number of aromatic nitrogens is 2. The lowest BCUT2D eigenvalue weighted by atomic mass is 10.1. The van der Waals surface area contributed by atoms with Crippen LogP contribution in [0.25, 0.3) is 5.69 Å². The third-order valence-electron chi connectivity index (χ3n) is 4.78. The molecule has 8 heteroatoms. The normalized spacial score (nSPS) is 13.1. The van der Waals surface area contributed by atoms with E-state index >= 15 is 0 Å². The summed E-state index contributed by atoms with van der Waals surface area (Å²) in [6, 6.07) is 9.25. The van der Waals surface area contributed by atoms with Crippen LogP contribution in [0.1, 0.15) is 22.3 Å². The number of rotatable bonds is 5. The number of non-ortho nitro benzene ring substituents is 1. The zero-order valence-electron chi connectivity index (χ0n) is 15.5. The Morgan fingerprint density at radius 2 is 2.18 bits per heavy atom. The van der Waals surface area contributed by atoms with Crippen molar-refractivity contribution in [2.75, 3.05) is 6.79 Å². The third kappa shape index (κ3) is 3.48. The van der Waals surface area contributed by atoms with Crippen LogP contribution >= 0.6 is 11.8 Å². The Labute approximate surface area is 166 Å². The van der Waals surface area contributed by atoms with Crippen molar-refractivity contribution in [1.29, 1.82) is 0 Å². The first kappa shape index (κ1) is 18.5. The molecule has 7 nitrogen and oxygen atoms in total. The molecular formula is C20H19N3O4S. The molecule has 0 radical (unpaired) electrons. The zero-order chi connectivity index (χ0) is 19.7. The number of nitro groups is 1. The minimum atomic E-state index is -0.389. The largest absolute Gasteiger partial charge is 0.467 e. The average molecular weight is 397 g/mol. The van der Waals surface area contributed by atoms with Gasteiger partial charge in [-0.2, -0.15) is 0 Å². The van der Waals surface area contributed by atoms with Crippen LogP contribution in [0, 0.1) is 24.0 Å². The molecule has 2 heterocycles. The highest BCUT2D eigenvalue weighted by Crippen LogP contribution is 2.36. The Bertz CT molecular complexity index is 1050. The molecular weight excluding hydrogens is 378 g/mol. The number of hydrogen-bond acceptors (Lipinski definition) is 6. The van der Waals surface area contributed by atoms with E-state index in [0.717, 1.165) is 16.4 Å². The molecule has 0 atom stereocenters. The molecule has 28 heavy (non-hydrogen) atoms. The van der Waals surface area contributed by atoms with Gasteiger partial charge >= 0.3 is 0 Å². The van der Waals surface area contributed by atoms with Crippen molar-refractivity contribution in [1.82, 2.24) is 9.55 Å². The van der Waals surface area contributed by atoms with Gasteiger partial charge in [-0.15, -0.1) is 0 Å². The summed E-state index contributed by atoms with van der Waals surface area (Å²) in [5.41, 5.74) is 4.99. The first-order valence-corrected chi connectivity index (χ1v) is 9.76. The van der Waals surface area contributed by atoms with Crippen molar-refractivity contribution in [2.24, 2.45) is 0 Å². The minimum absolute atomic E-state index is 0.0429. The Morgan fingerprint density at radius 3 is 3.00 bits per heavy atom. The van der Waals surface area contributed by atoms with Gasteiger partial charge in [0.05, 0.1) is 17.2 Å². The highest BCUT2D eigenvalue weighted by Gasteiger charge is 2.21. The van der Waals surface area contributed by atoms with E-state index < -0.39 is 0 Å². The monoisotopic (exact) mass is 397 g/mol. The van der Waals surface area contributed by atoms with Gasteiger partial charge in [0.1, 0.15) is 5.75 Å². The van der Waals surface area contributed by atoms with Crippen LogP contribution in [0.5, 0.6) is 5.75 Å². The number of ether oxygens (including phenoxy) is 2. The van der Waals surface area contributed by atoms with E-state index in [9.17, 15) is 10.1 Å². The second-order valence-electron chi connectivity index (χ2n) is 6.55. The van der Waals surface area contributed by atoms with Gasteiger partial charge in [-0.05, 0) is 31.0 Å². The quantitative estimate of drug-likeness (QED) is 0.357. The van der Waals surface area contributed by atoms with Crippen LogP contribution in [0.15, 0.2) is 47.9 Å². The summed E-state index contributed by atoms with van der Waals surface area (Å²) in [5.74, 6) is 1.18. The molecule has 0 spiro atoms. The van der Waals surface area contributed by atoms with Gasteiger partial charge in [0.15, 0.2) is 11.9 Å². The second-order valence-corrected chi connectivity index (χ2v) is 7.49. The summed E-state index contributed by atoms with van der Waals surface area (Å²) in [4.78, 5) is 15.4. The van der Waals surface area contributed by atoms with Crippen LogP contribution in [-0.2, 0) is 17.1 Å². The van der Waals surface area contributed by atoms with E-state index in [1.165, 1.54) is 29.0 Å².